The first-order chi connectivity index (χ1) is 10.8. The first-order valence-electron chi connectivity index (χ1n) is 7.21. The van der Waals surface area contributed by atoms with E-state index in [4.69, 9.17) is 9.47 Å². The minimum Gasteiger partial charge on any atom is -0.493 e. The zero-order valence-electron chi connectivity index (χ0n) is 12.4. The number of benzene rings is 1. The largest absolute Gasteiger partial charge is 0.493 e. The molecule has 1 aliphatic heterocycles. The highest BCUT2D eigenvalue weighted by Gasteiger charge is 2.27. The zero-order chi connectivity index (χ0) is 15.4. The van der Waals surface area contributed by atoms with E-state index in [9.17, 15) is 4.79 Å². The quantitative estimate of drug-likeness (QED) is 0.917. The van der Waals surface area contributed by atoms with E-state index in [2.05, 4.69) is 10.3 Å². The maximum atomic E-state index is 12.3. The average molecular weight is 318 g/mol. The van der Waals surface area contributed by atoms with E-state index in [-0.39, 0.29) is 11.8 Å². The molecule has 5 nitrogen and oxygen atoms in total. The number of rotatable bonds is 5. The van der Waals surface area contributed by atoms with Gasteiger partial charge in [0.05, 0.1) is 24.2 Å². The summed E-state index contributed by atoms with van der Waals surface area (Å²) in [6, 6.07) is 5.77. The van der Waals surface area contributed by atoms with Crippen LogP contribution in [0.5, 0.6) is 11.5 Å². The van der Waals surface area contributed by atoms with Gasteiger partial charge in [0.2, 0.25) is 5.91 Å². The average Bonchev–Trinajstić information content (AvgIpc) is 3.07. The molecule has 1 atom stereocenters. The molecule has 2 heterocycles. The van der Waals surface area contributed by atoms with E-state index in [0.717, 1.165) is 29.2 Å². The predicted octanol–water partition coefficient (Wildman–Crippen LogP) is 2.06. The summed E-state index contributed by atoms with van der Waals surface area (Å²) in [5.74, 6) is 1.36. The molecule has 3 rings (SSSR count). The van der Waals surface area contributed by atoms with Crippen LogP contribution in [0, 0.1) is 5.92 Å². The number of fused-ring (bicyclic) bond motifs is 1. The molecule has 1 aliphatic rings. The molecule has 116 valence electrons. The van der Waals surface area contributed by atoms with Crippen LogP contribution >= 0.6 is 11.3 Å². The summed E-state index contributed by atoms with van der Waals surface area (Å²) in [5.41, 5.74) is 3.83. The van der Waals surface area contributed by atoms with Crippen molar-refractivity contribution in [2.24, 2.45) is 5.92 Å². The normalized spacial score (nSPS) is 16.5. The SMILES string of the molecule is COc1cccc2c1OC[C@@H](C(=O)NCCc1cscn1)C2. The minimum absolute atomic E-state index is 0.0312. The Kier molecular flexibility index (Phi) is 4.58. The number of thiazole rings is 1. The lowest BCUT2D eigenvalue weighted by Crippen LogP contribution is -2.38. The van der Waals surface area contributed by atoms with Crippen molar-refractivity contribution in [3.05, 3.63) is 40.3 Å². The summed E-state index contributed by atoms with van der Waals surface area (Å²) in [7, 11) is 1.62. The molecule has 1 N–H and O–H groups in total. The Bertz CT molecular complexity index is 643. The zero-order valence-corrected chi connectivity index (χ0v) is 13.2. The fourth-order valence-corrected chi connectivity index (χ4v) is 3.14. The third-order valence-electron chi connectivity index (χ3n) is 3.71. The standard InChI is InChI=1S/C16H18N2O3S/c1-20-14-4-2-3-11-7-12(8-21-15(11)14)16(19)17-6-5-13-9-22-10-18-13/h2-4,9-10,12H,5-8H2,1H3,(H,17,19)/t12-/m0/s1. The smallest absolute Gasteiger partial charge is 0.226 e. The summed E-state index contributed by atoms with van der Waals surface area (Å²) >= 11 is 1.57. The molecule has 1 aromatic carbocycles. The second-order valence-electron chi connectivity index (χ2n) is 5.18. The summed E-state index contributed by atoms with van der Waals surface area (Å²) in [5, 5.41) is 4.96. The van der Waals surface area contributed by atoms with Gasteiger partial charge in [-0.25, -0.2) is 4.98 Å². The van der Waals surface area contributed by atoms with Crippen LogP contribution in [0.25, 0.3) is 0 Å². The number of aromatic nitrogens is 1. The minimum atomic E-state index is -0.157. The van der Waals surface area contributed by atoms with Gasteiger partial charge in [-0.15, -0.1) is 11.3 Å². The summed E-state index contributed by atoms with van der Waals surface area (Å²) in [6.45, 7) is 0.986. The molecule has 1 amide bonds. The van der Waals surface area contributed by atoms with Gasteiger partial charge in [0.1, 0.15) is 6.61 Å². The van der Waals surface area contributed by atoms with Crippen LogP contribution < -0.4 is 14.8 Å². The van der Waals surface area contributed by atoms with E-state index >= 15 is 0 Å². The van der Waals surface area contributed by atoms with E-state index in [1.807, 2.05) is 23.6 Å². The first-order valence-corrected chi connectivity index (χ1v) is 8.15. The van der Waals surface area contributed by atoms with Crippen LogP contribution in [0.2, 0.25) is 0 Å². The number of hydrogen-bond acceptors (Lipinski definition) is 5. The summed E-state index contributed by atoms with van der Waals surface area (Å²) < 4.78 is 11.0. The van der Waals surface area contributed by atoms with Gasteiger partial charge in [0, 0.05) is 18.3 Å². The number of hydrogen-bond donors (Lipinski definition) is 1. The third-order valence-corrected chi connectivity index (χ3v) is 4.35. The third kappa shape index (κ3) is 3.22. The van der Waals surface area contributed by atoms with Crippen LogP contribution in [0.1, 0.15) is 11.3 Å². The molecule has 0 fully saturated rings. The van der Waals surface area contributed by atoms with E-state index in [1.54, 1.807) is 24.0 Å². The summed E-state index contributed by atoms with van der Waals surface area (Å²) in [4.78, 5) is 16.5. The van der Waals surface area contributed by atoms with Gasteiger partial charge in [-0.3, -0.25) is 4.79 Å². The lowest BCUT2D eigenvalue weighted by molar-refractivity contribution is -0.126. The second kappa shape index (κ2) is 6.79. The van der Waals surface area contributed by atoms with Crippen LogP contribution in [-0.4, -0.2) is 31.2 Å². The van der Waals surface area contributed by atoms with Crippen molar-refractivity contribution in [3.63, 3.8) is 0 Å². The number of carbonyl (C=O) groups excluding carboxylic acids is 1. The van der Waals surface area contributed by atoms with Crippen molar-refractivity contribution < 1.29 is 14.3 Å². The Morgan fingerprint density at radius 3 is 3.23 bits per heavy atom. The lowest BCUT2D eigenvalue weighted by Gasteiger charge is -2.25. The molecule has 1 aromatic heterocycles. The molecule has 2 aromatic rings. The van der Waals surface area contributed by atoms with Gasteiger partial charge in [-0.1, -0.05) is 12.1 Å². The number of nitrogens with zero attached hydrogens (tertiary/aromatic N) is 1. The van der Waals surface area contributed by atoms with Crippen molar-refractivity contribution >= 4 is 17.2 Å². The maximum absolute atomic E-state index is 12.3. The Labute approximate surface area is 133 Å². The fourth-order valence-electron chi connectivity index (χ4n) is 2.54. The number of methoxy groups -OCH3 is 1. The van der Waals surface area contributed by atoms with E-state index in [0.29, 0.717) is 19.6 Å². The highest BCUT2D eigenvalue weighted by molar-refractivity contribution is 7.07. The maximum Gasteiger partial charge on any atom is 0.226 e. The second-order valence-corrected chi connectivity index (χ2v) is 5.90. The van der Waals surface area contributed by atoms with Gasteiger partial charge >= 0.3 is 0 Å². The van der Waals surface area contributed by atoms with Crippen molar-refractivity contribution in [2.75, 3.05) is 20.3 Å². The van der Waals surface area contributed by atoms with Crippen LogP contribution in [0.4, 0.5) is 0 Å². The molecule has 0 unspecified atom stereocenters. The van der Waals surface area contributed by atoms with Crippen molar-refractivity contribution in [1.29, 1.82) is 0 Å². The van der Waals surface area contributed by atoms with Crippen LogP contribution in [-0.2, 0) is 17.6 Å². The van der Waals surface area contributed by atoms with Crippen LogP contribution in [0.15, 0.2) is 29.1 Å². The highest BCUT2D eigenvalue weighted by atomic mass is 32.1. The van der Waals surface area contributed by atoms with Gasteiger partial charge in [-0.2, -0.15) is 0 Å². The predicted molar refractivity (Wildman–Crippen MR) is 84.5 cm³/mol. The number of nitrogens with one attached hydrogen (secondary N) is 1. The Morgan fingerprint density at radius 1 is 1.55 bits per heavy atom. The molecule has 22 heavy (non-hydrogen) atoms. The number of ether oxygens (including phenoxy) is 2. The van der Waals surface area contributed by atoms with Gasteiger partial charge in [0.25, 0.3) is 0 Å². The van der Waals surface area contributed by atoms with E-state index in [1.165, 1.54) is 0 Å². The molecule has 0 saturated heterocycles. The van der Waals surface area contributed by atoms with Gasteiger partial charge in [0.15, 0.2) is 11.5 Å². The van der Waals surface area contributed by atoms with E-state index < -0.39 is 0 Å². The Morgan fingerprint density at radius 2 is 2.45 bits per heavy atom. The van der Waals surface area contributed by atoms with Gasteiger partial charge in [-0.05, 0) is 18.1 Å². The van der Waals surface area contributed by atoms with Crippen molar-refractivity contribution in [2.45, 2.75) is 12.8 Å². The van der Waals surface area contributed by atoms with Gasteiger partial charge < -0.3 is 14.8 Å². The molecule has 6 heteroatoms. The number of carbonyl (C=O) groups is 1. The topological polar surface area (TPSA) is 60.5 Å². The molecule has 0 aliphatic carbocycles. The summed E-state index contributed by atoms with van der Waals surface area (Å²) in [6.07, 6.45) is 1.43. The molecule has 0 saturated carbocycles. The molecule has 0 spiro atoms. The molecular formula is C16H18N2O3S. The molecule has 0 radical (unpaired) electrons. The fraction of sp³-hybridized carbons (Fsp3) is 0.375. The molecule has 0 bridgehead atoms. The highest BCUT2D eigenvalue weighted by Crippen LogP contribution is 2.35. The number of amides is 1. The van der Waals surface area contributed by atoms with Crippen molar-refractivity contribution in [1.82, 2.24) is 10.3 Å². The number of para-hydroxylation sites is 1. The Hall–Kier alpha value is -2.08. The first kappa shape index (κ1) is 14.8. The molecular weight excluding hydrogens is 300 g/mol. The Balaban J connectivity index is 1.56. The lowest BCUT2D eigenvalue weighted by atomic mass is 9.95. The van der Waals surface area contributed by atoms with Crippen molar-refractivity contribution in [3.8, 4) is 11.5 Å². The monoisotopic (exact) mass is 318 g/mol. The van der Waals surface area contributed by atoms with Crippen LogP contribution in [0.3, 0.4) is 0 Å².